The summed E-state index contributed by atoms with van der Waals surface area (Å²) in [4.78, 5) is 35.3. The number of fused-ring (bicyclic) bond motifs is 1. The minimum Gasteiger partial charge on any atom is -0.466 e. The van der Waals surface area contributed by atoms with E-state index in [1.54, 1.807) is 24.3 Å². The average Bonchev–Trinajstić information content (AvgIpc) is 2.88. The highest BCUT2D eigenvalue weighted by atomic mass is 16.6. The third-order valence-corrected chi connectivity index (χ3v) is 3.90. The molecule has 0 aromatic heterocycles. The van der Waals surface area contributed by atoms with Crippen LogP contribution in [-0.2, 0) is 16.0 Å². The van der Waals surface area contributed by atoms with Crippen molar-refractivity contribution in [2.75, 3.05) is 7.11 Å². The number of nitrogens with zero attached hydrogens (tertiary/aromatic N) is 1. The second kappa shape index (κ2) is 5.77. The molecule has 24 heavy (non-hydrogen) atoms. The Morgan fingerprint density at radius 3 is 2.46 bits per heavy atom. The van der Waals surface area contributed by atoms with Crippen LogP contribution in [0, 0.1) is 10.1 Å². The van der Waals surface area contributed by atoms with Crippen LogP contribution >= 0.6 is 0 Å². The average molecular weight is 327 g/mol. The largest absolute Gasteiger partial charge is 0.466 e. The fraction of sp³-hybridized carbons (Fsp3) is 0.176. The van der Waals surface area contributed by atoms with Gasteiger partial charge in [-0.25, -0.2) is 4.79 Å². The van der Waals surface area contributed by atoms with Gasteiger partial charge in [0.2, 0.25) is 5.78 Å². The summed E-state index contributed by atoms with van der Waals surface area (Å²) >= 11 is 0. The topological polar surface area (TPSA) is 95.7 Å². The van der Waals surface area contributed by atoms with Crippen molar-refractivity contribution in [3.63, 3.8) is 0 Å². The predicted molar refractivity (Wildman–Crippen MR) is 82.9 cm³/mol. The van der Waals surface area contributed by atoms with E-state index in [2.05, 4.69) is 0 Å². The molecule has 0 fully saturated rings. The Labute approximate surface area is 137 Å². The van der Waals surface area contributed by atoms with Gasteiger partial charge in [0.1, 0.15) is 5.75 Å². The molecule has 2 aromatic carbocycles. The van der Waals surface area contributed by atoms with Crippen LogP contribution in [-0.4, -0.2) is 29.4 Å². The molecule has 2 aromatic rings. The number of Topliss-reactive ketones (excluding diaryl/α,β-unsaturated/α-hetero) is 1. The van der Waals surface area contributed by atoms with Gasteiger partial charge in [-0.2, -0.15) is 0 Å². The SMILES string of the molecule is COC(=O)C1(Cc2ccc([N+](=O)[O-])cc2)Oc2ccccc2C1=O. The first kappa shape index (κ1) is 15.7. The maximum absolute atomic E-state index is 12.8. The smallest absolute Gasteiger partial charge is 0.358 e. The molecule has 1 heterocycles. The first-order chi connectivity index (χ1) is 11.5. The second-order valence-electron chi connectivity index (χ2n) is 5.35. The van der Waals surface area contributed by atoms with Crippen LogP contribution < -0.4 is 4.74 Å². The minimum atomic E-state index is -1.81. The van der Waals surface area contributed by atoms with Crippen LogP contribution in [0.5, 0.6) is 5.75 Å². The van der Waals surface area contributed by atoms with Crippen LogP contribution in [0.15, 0.2) is 48.5 Å². The minimum absolute atomic E-state index is 0.0761. The highest BCUT2D eigenvalue weighted by Crippen LogP contribution is 2.38. The van der Waals surface area contributed by atoms with Gasteiger partial charge in [-0.15, -0.1) is 0 Å². The number of ether oxygens (including phenoxy) is 2. The lowest BCUT2D eigenvalue weighted by Gasteiger charge is -2.24. The molecule has 1 aliphatic rings. The number of para-hydroxylation sites is 1. The molecule has 0 spiro atoms. The summed E-state index contributed by atoms with van der Waals surface area (Å²) in [5, 5.41) is 10.7. The second-order valence-corrected chi connectivity index (χ2v) is 5.35. The van der Waals surface area contributed by atoms with Crippen LogP contribution in [0.2, 0.25) is 0 Å². The number of nitro groups is 1. The Morgan fingerprint density at radius 2 is 1.88 bits per heavy atom. The zero-order valence-corrected chi connectivity index (χ0v) is 12.7. The van der Waals surface area contributed by atoms with Crippen LogP contribution in [0.1, 0.15) is 15.9 Å². The molecule has 1 atom stereocenters. The normalized spacial score (nSPS) is 18.6. The maximum Gasteiger partial charge on any atom is 0.358 e. The first-order valence-corrected chi connectivity index (χ1v) is 7.12. The third-order valence-electron chi connectivity index (χ3n) is 3.90. The summed E-state index contributed by atoms with van der Waals surface area (Å²) in [6, 6.07) is 12.2. The number of hydrogen-bond donors (Lipinski definition) is 0. The number of rotatable bonds is 4. The molecule has 1 aliphatic heterocycles. The Morgan fingerprint density at radius 1 is 1.21 bits per heavy atom. The van der Waals surface area contributed by atoms with Crippen molar-refractivity contribution < 1.29 is 24.0 Å². The molecule has 0 aliphatic carbocycles. The summed E-state index contributed by atoms with van der Waals surface area (Å²) < 4.78 is 10.5. The fourth-order valence-electron chi connectivity index (χ4n) is 2.71. The number of benzene rings is 2. The monoisotopic (exact) mass is 327 g/mol. The summed E-state index contributed by atoms with van der Waals surface area (Å²) in [5.41, 5.74) is -1.03. The van der Waals surface area contributed by atoms with E-state index in [0.717, 1.165) is 0 Å². The molecular weight excluding hydrogens is 314 g/mol. The number of carbonyl (C=O) groups excluding carboxylic acids is 2. The van der Waals surface area contributed by atoms with E-state index in [9.17, 15) is 19.7 Å². The molecule has 122 valence electrons. The van der Waals surface area contributed by atoms with Crippen molar-refractivity contribution in [1.82, 2.24) is 0 Å². The molecule has 7 nitrogen and oxygen atoms in total. The van der Waals surface area contributed by atoms with Crippen molar-refractivity contribution in [3.05, 3.63) is 69.8 Å². The van der Waals surface area contributed by atoms with E-state index in [1.807, 2.05) is 0 Å². The molecule has 0 saturated carbocycles. The van der Waals surface area contributed by atoms with Crippen molar-refractivity contribution >= 4 is 17.4 Å². The Kier molecular flexibility index (Phi) is 3.76. The van der Waals surface area contributed by atoms with Crippen LogP contribution in [0.4, 0.5) is 5.69 Å². The van der Waals surface area contributed by atoms with E-state index in [-0.39, 0.29) is 12.1 Å². The van der Waals surface area contributed by atoms with Crippen molar-refractivity contribution in [1.29, 1.82) is 0 Å². The molecule has 3 rings (SSSR count). The van der Waals surface area contributed by atoms with E-state index in [0.29, 0.717) is 16.9 Å². The Balaban J connectivity index is 1.98. The van der Waals surface area contributed by atoms with Gasteiger partial charge < -0.3 is 9.47 Å². The summed E-state index contributed by atoms with van der Waals surface area (Å²) in [6.07, 6.45) is -0.0782. The molecule has 0 radical (unpaired) electrons. The standard InChI is InChI=1S/C17H13NO6/c1-23-16(20)17(10-11-6-8-12(9-7-11)18(21)22)15(19)13-4-2-3-5-14(13)24-17/h2-9H,10H2,1H3. The zero-order valence-electron chi connectivity index (χ0n) is 12.7. The number of hydrogen-bond acceptors (Lipinski definition) is 6. The summed E-state index contributed by atoms with van der Waals surface area (Å²) in [7, 11) is 1.18. The highest BCUT2D eigenvalue weighted by molar-refractivity contribution is 6.19. The maximum atomic E-state index is 12.8. The van der Waals surface area contributed by atoms with Gasteiger partial charge in [0.05, 0.1) is 17.6 Å². The van der Waals surface area contributed by atoms with Crippen molar-refractivity contribution in [3.8, 4) is 5.75 Å². The van der Waals surface area contributed by atoms with E-state index in [4.69, 9.17) is 9.47 Å². The van der Waals surface area contributed by atoms with Crippen molar-refractivity contribution in [2.45, 2.75) is 12.0 Å². The molecule has 0 bridgehead atoms. The van der Waals surface area contributed by atoms with Crippen LogP contribution in [0.3, 0.4) is 0 Å². The number of nitro benzene ring substituents is 1. The molecule has 0 N–H and O–H groups in total. The number of ketones is 1. The van der Waals surface area contributed by atoms with Gasteiger partial charge in [-0.1, -0.05) is 24.3 Å². The molecule has 0 amide bonds. The number of methoxy groups -OCH3 is 1. The van der Waals surface area contributed by atoms with Gasteiger partial charge in [0.25, 0.3) is 11.3 Å². The predicted octanol–water partition coefficient (Wildman–Crippen LogP) is 2.32. The van der Waals surface area contributed by atoms with Crippen molar-refractivity contribution in [2.24, 2.45) is 0 Å². The lowest BCUT2D eigenvalue weighted by Crippen LogP contribution is -2.50. The van der Waals surface area contributed by atoms with Gasteiger partial charge in [-0.3, -0.25) is 14.9 Å². The first-order valence-electron chi connectivity index (χ1n) is 7.12. The Bertz CT molecular complexity index is 829. The van der Waals surface area contributed by atoms with Gasteiger partial charge in [0.15, 0.2) is 0 Å². The van der Waals surface area contributed by atoms with Gasteiger partial charge >= 0.3 is 5.97 Å². The third kappa shape index (κ3) is 2.40. The molecule has 1 unspecified atom stereocenters. The Hall–Kier alpha value is -3.22. The molecular formula is C17H13NO6. The molecule has 0 saturated heterocycles. The number of esters is 1. The van der Waals surface area contributed by atoms with Gasteiger partial charge in [-0.05, 0) is 17.7 Å². The number of non-ortho nitro benzene ring substituents is 1. The van der Waals surface area contributed by atoms with E-state index < -0.39 is 22.3 Å². The number of carbonyl (C=O) groups is 2. The fourth-order valence-corrected chi connectivity index (χ4v) is 2.71. The lowest BCUT2D eigenvalue weighted by molar-refractivity contribution is -0.384. The lowest BCUT2D eigenvalue weighted by atomic mass is 9.88. The summed E-state index contributed by atoms with van der Waals surface area (Å²) in [6.45, 7) is 0. The summed E-state index contributed by atoms with van der Waals surface area (Å²) in [5.74, 6) is -0.972. The van der Waals surface area contributed by atoms with Gasteiger partial charge in [0, 0.05) is 18.6 Å². The molecule has 7 heteroatoms. The van der Waals surface area contributed by atoms with E-state index in [1.165, 1.54) is 31.4 Å². The highest BCUT2D eigenvalue weighted by Gasteiger charge is 2.55. The quantitative estimate of drug-likeness (QED) is 0.370. The van der Waals surface area contributed by atoms with E-state index >= 15 is 0 Å². The zero-order chi connectivity index (χ0) is 17.3. The van der Waals surface area contributed by atoms with Crippen LogP contribution in [0.25, 0.3) is 0 Å².